The molecule has 2 aliphatic heterocycles. The van der Waals surface area contributed by atoms with Crippen LogP contribution in [-0.2, 0) is 10.9 Å². The average molecular weight is 487 g/mol. The third kappa shape index (κ3) is 4.76. The summed E-state index contributed by atoms with van der Waals surface area (Å²) in [6, 6.07) is 11.4. The van der Waals surface area contributed by atoms with Crippen LogP contribution in [0.2, 0.25) is 0 Å². The number of rotatable bonds is 4. The summed E-state index contributed by atoms with van der Waals surface area (Å²) < 4.78 is 45.9. The van der Waals surface area contributed by atoms with Gasteiger partial charge in [-0.3, -0.25) is 14.6 Å². The largest absolute Gasteiger partial charge is 0.443 e. The minimum Gasteiger partial charge on any atom is -0.443 e. The van der Waals surface area contributed by atoms with Crippen molar-refractivity contribution < 1.29 is 27.8 Å². The highest BCUT2D eigenvalue weighted by molar-refractivity contribution is 5.94. The van der Waals surface area contributed by atoms with E-state index < -0.39 is 23.4 Å². The van der Waals surface area contributed by atoms with E-state index >= 15 is 0 Å². The number of hydrogen-bond acceptors (Lipinski definition) is 5. The predicted octanol–water partition coefficient (Wildman–Crippen LogP) is 4.00. The number of piperidine rings is 1. The molecule has 0 aliphatic carbocycles. The Morgan fingerprint density at radius 3 is 2.66 bits per heavy atom. The van der Waals surface area contributed by atoms with Gasteiger partial charge in [-0.25, -0.2) is 4.79 Å². The molecule has 184 valence electrons. The lowest BCUT2D eigenvalue weighted by Gasteiger charge is -2.31. The van der Waals surface area contributed by atoms with Gasteiger partial charge >= 0.3 is 12.3 Å². The van der Waals surface area contributed by atoms with Crippen LogP contribution in [0.4, 0.5) is 23.7 Å². The van der Waals surface area contributed by atoms with E-state index in [4.69, 9.17) is 4.74 Å². The Kier molecular flexibility index (Phi) is 6.02. The van der Waals surface area contributed by atoms with Crippen LogP contribution in [-0.4, -0.2) is 59.5 Å². The van der Waals surface area contributed by atoms with Gasteiger partial charge in [-0.2, -0.15) is 13.2 Å². The Labute approximate surface area is 198 Å². The first kappa shape index (κ1) is 23.4. The maximum atomic E-state index is 13.5. The van der Waals surface area contributed by atoms with E-state index in [1.165, 1.54) is 29.2 Å². The number of benzene rings is 2. The number of ether oxygens (including phenoxy) is 1. The summed E-state index contributed by atoms with van der Waals surface area (Å²) in [6.45, 7) is 2.18. The van der Waals surface area contributed by atoms with Gasteiger partial charge in [-0.1, -0.05) is 24.3 Å². The van der Waals surface area contributed by atoms with E-state index in [9.17, 15) is 27.9 Å². The average Bonchev–Trinajstić information content (AvgIpc) is 3.18. The number of halogens is 3. The fraction of sp³-hybridized carbons (Fsp3) is 0.360. The number of carbonyl (C=O) groups is 1. The molecule has 2 atom stereocenters. The first-order valence-electron chi connectivity index (χ1n) is 11.4. The second kappa shape index (κ2) is 9.01. The molecule has 2 saturated heterocycles. The first-order valence-corrected chi connectivity index (χ1v) is 11.4. The van der Waals surface area contributed by atoms with Gasteiger partial charge in [-0.15, -0.1) is 0 Å². The Hall–Kier alpha value is -3.37. The molecule has 0 saturated carbocycles. The Balaban J connectivity index is 1.41. The summed E-state index contributed by atoms with van der Waals surface area (Å²) in [5, 5.41) is 10.6. The number of aliphatic hydroxyl groups is 1. The standard InChI is InChI=1S/C25H24F3N3O4/c26-25(27,28)21-6-2-1-5-19(21)22-10-15-7-8-16(11-20(15)23(33)29-22)31-14-18(35-24(31)34)13-30-9-3-4-17(32)12-30/h1-2,5-8,10-11,17-18,32H,3-4,9,12-14H2,(H,29,33)/t17-,18+/m0/s1. The SMILES string of the molecule is O=C1O[C@H](CN2CCC[C@H](O)C2)CN1c1ccc2cc(-c3ccccc3C(F)(F)F)[nH]c(=O)c2c1. The van der Waals surface area contributed by atoms with Crippen LogP contribution in [0, 0.1) is 0 Å². The zero-order chi connectivity index (χ0) is 24.7. The van der Waals surface area contributed by atoms with Crippen molar-refractivity contribution in [1.29, 1.82) is 0 Å². The zero-order valence-corrected chi connectivity index (χ0v) is 18.7. The number of nitrogens with one attached hydrogen (secondary N) is 1. The molecule has 2 N–H and O–H groups in total. The number of likely N-dealkylation sites (tertiary alicyclic amines) is 1. The molecule has 0 bridgehead atoms. The predicted molar refractivity (Wildman–Crippen MR) is 124 cm³/mol. The van der Waals surface area contributed by atoms with E-state index in [1.807, 2.05) is 0 Å². The number of pyridine rings is 1. The first-order chi connectivity index (χ1) is 16.7. The van der Waals surface area contributed by atoms with Gasteiger partial charge in [0.25, 0.3) is 5.56 Å². The zero-order valence-electron chi connectivity index (χ0n) is 18.7. The number of aliphatic hydroxyl groups excluding tert-OH is 1. The molecule has 35 heavy (non-hydrogen) atoms. The number of alkyl halides is 3. The van der Waals surface area contributed by atoms with Crippen molar-refractivity contribution in [2.24, 2.45) is 0 Å². The van der Waals surface area contributed by atoms with Crippen molar-refractivity contribution in [3.8, 4) is 11.3 Å². The van der Waals surface area contributed by atoms with Crippen molar-refractivity contribution in [2.45, 2.75) is 31.2 Å². The molecule has 7 nitrogen and oxygen atoms in total. The summed E-state index contributed by atoms with van der Waals surface area (Å²) >= 11 is 0. The molecular weight excluding hydrogens is 463 g/mol. The van der Waals surface area contributed by atoms with Crippen molar-refractivity contribution >= 4 is 22.6 Å². The van der Waals surface area contributed by atoms with Crippen LogP contribution < -0.4 is 10.5 Å². The lowest BCUT2D eigenvalue weighted by atomic mass is 10.0. The number of anilines is 1. The minimum absolute atomic E-state index is 0.0625. The number of amides is 1. The molecule has 0 spiro atoms. The van der Waals surface area contributed by atoms with Crippen LogP contribution in [0.3, 0.4) is 0 Å². The van der Waals surface area contributed by atoms with Crippen molar-refractivity contribution in [3.05, 3.63) is 64.4 Å². The fourth-order valence-corrected chi connectivity index (χ4v) is 4.84. The second-order valence-electron chi connectivity index (χ2n) is 9.00. The van der Waals surface area contributed by atoms with Crippen molar-refractivity contribution in [1.82, 2.24) is 9.88 Å². The van der Waals surface area contributed by atoms with Crippen molar-refractivity contribution in [2.75, 3.05) is 31.1 Å². The molecule has 1 amide bonds. The highest BCUT2D eigenvalue weighted by Gasteiger charge is 2.35. The highest BCUT2D eigenvalue weighted by atomic mass is 19.4. The highest BCUT2D eigenvalue weighted by Crippen LogP contribution is 2.36. The summed E-state index contributed by atoms with van der Waals surface area (Å²) in [6.07, 6.45) is -4.19. The molecule has 3 heterocycles. The van der Waals surface area contributed by atoms with Crippen LogP contribution >= 0.6 is 0 Å². The van der Waals surface area contributed by atoms with Crippen LogP contribution in [0.15, 0.2) is 53.3 Å². The van der Waals surface area contributed by atoms with Gasteiger partial charge in [0.1, 0.15) is 6.10 Å². The van der Waals surface area contributed by atoms with E-state index in [-0.39, 0.29) is 28.9 Å². The molecule has 5 rings (SSSR count). The number of fused-ring (bicyclic) bond motifs is 1. The summed E-state index contributed by atoms with van der Waals surface area (Å²) in [4.78, 5) is 31.4. The monoisotopic (exact) mass is 487 g/mol. The number of nitrogens with zero attached hydrogens (tertiary/aromatic N) is 2. The number of aromatic nitrogens is 1. The number of aromatic amines is 1. The van der Waals surface area contributed by atoms with Gasteiger partial charge in [-0.05, 0) is 49.0 Å². The topological polar surface area (TPSA) is 85.9 Å². The molecule has 0 radical (unpaired) electrons. The van der Waals surface area contributed by atoms with Crippen LogP contribution in [0.5, 0.6) is 0 Å². The summed E-state index contributed by atoms with van der Waals surface area (Å²) in [5.41, 5.74) is -0.969. The molecule has 2 aromatic carbocycles. The normalized spacial score (nSPS) is 21.5. The van der Waals surface area contributed by atoms with E-state index in [1.54, 1.807) is 18.2 Å². The lowest BCUT2D eigenvalue weighted by molar-refractivity contribution is -0.137. The minimum atomic E-state index is -4.56. The summed E-state index contributed by atoms with van der Waals surface area (Å²) in [7, 11) is 0. The third-order valence-electron chi connectivity index (χ3n) is 6.48. The third-order valence-corrected chi connectivity index (χ3v) is 6.48. The lowest BCUT2D eigenvalue weighted by Crippen LogP contribution is -2.43. The van der Waals surface area contributed by atoms with Gasteiger partial charge in [0.2, 0.25) is 0 Å². The maximum Gasteiger partial charge on any atom is 0.417 e. The van der Waals surface area contributed by atoms with E-state index in [0.717, 1.165) is 25.5 Å². The fourth-order valence-electron chi connectivity index (χ4n) is 4.84. The van der Waals surface area contributed by atoms with Crippen LogP contribution in [0.1, 0.15) is 18.4 Å². The van der Waals surface area contributed by atoms with Crippen LogP contribution in [0.25, 0.3) is 22.0 Å². The summed E-state index contributed by atoms with van der Waals surface area (Å²) in [5.74, 6) is 0. The van der Waals surface area contributed by atoms with E-state index in [0.29, 0.717) is 30.7 Å². The quantitative estimate of drug-likeness (QED) is 0.581. The maximum absolute atomic E-state index is 13.5. The molecule has 2 fully saturated rings. The van der Waals surface area contributed by atoms with Gasteiger partial charge in [0.05, 0.1) is 18.2 Å². The van der Waals surface area contributed by atoms with Crippen molar-refractivity contribution in [3.63, 3.8) is 0 Å². The molecule has 1 aromatic heterocycles. The van der Waals surface area contributed by atoms with Gasteiger partial charge in [0, 0.05) is 35.4 Å². The molecular formula is C25H24F3N3O4. The molecule has 3 aromatic rings. The Morgan fingerprint density at radius 1 is 1.09 bits per heavy atom. The molecule has 10 heteroatoms. The number of hydrogen-bond donors (Lipinski definition) is 2. The van der Waals surface area contributed by atoms with E-state index in [2.05, 4.69) is 9.88 Å². The smallest absolute Gasteiger partial charge is 0.417 e. The number of carbonyl (C=O) groups excluding carboxylic acids is 1. The Bertz CT molecular complexity index is 1320. The second-order valence-corrected chi connectivity index (χ2v) is 9.00. The Morgan fingerprint density at radius 2 is 1.89 bits per heavy atom. The molecule has 0 unspecified atom stereocenters. The number of H-pyrrole nitrogens is 1. The van der Waals surface area contributed by atoms with Gasteiger partial charge < -0.3 is 14.8 Å². The molecule has 2 aliphatic rings. The number of β-amino-alcohol motifs (C(OH)–C–C–N with tert-alkyl or cyclic N) is 1. The van der Waals surface area contributed by atoms with Gasteiger partial charge in [0.15, 0.2) is 0 Å². The number of cyclic esters (lactones) is 1.